The molecule has 25 heavy (non-hydrogen) atoms. The lowest BCUT2D eigenvalue weighted by atomic mass is 9.78. The van der Waals surface area contributed by atoms with Gasteiger partial charge >= 0.3 is 0 Å². The van der Waals surface area contributed by atoms with Crippen molar-refractivity contribution in [3.63, 3.8) is 0 Å². The highest BCUT2D eigenvalue weighted by Crippen LogP contribution is 2.30. The van der Waals surface area contributed by atoms with Gasteiger partial charge in [-0.1, -0.05) is 44.9 Å². The summed E-state index contributed by atoms with van der Waals surface area (Å²) in [5, 5.41) is 4.22. The SMILES string of the molecule is CC1CCCC(NC(=O)CSc2cc(=O)n(C)c3ccccc23)C1C. The Bertz CT molecular complexity index is 830. The second-order valence-corrected chi connectivity index (χ2v) is 8.17. The zero-order valence-corrected chi connectivity index (χ0v) is 15.9. The molecule has 3 atom stereocenters. The highest BCUT2D eigenvalue weighted by molar-refractivity contribution is 8.00. The van der Waals surface area contributed by atoms with Gasteiger partial charge in [-0.3, -0.25) is 9.59 Å². The number of carbonyl (C=O) groups is 1. The summed E-state index contributed by atoms with van der Waals surface area (Å²) in [4.78, 5) is 25.4. The van der Waals surface area contributed by atoms with E-state index in [0.717, 1.165) is 22.2 Å². The van der Waals surface area contributed by atoms with E-state index in [-0.39, 0.29) is 17.5 Å². The van der Waals surface area contributed by atoms with Gasteiger partial charge in [0.1, 0.15) is 0 Å². The number of hydrogen-bond donors (Lipinski definition) is 1. The quantitative estimate of drug-likeness (QED) is 0.850. The Hall–Kier alpha value is -1.75. The Labute approximate surface area is 153 Å². The maximum absolute atomic E-state index is 12.4. The van der Waals surface area contributed by atoms with Crippen molar-refractivity contribution in [3.05, 3.63) is 40.7 Å². The summed E-state index contributed by atoms with van der Waals surface area (Å²) in [7, 11) is 1.78. The number of aryl methyl sites for hydroxylation is 1. The molecule has 1 saturated carbocycles. The van der Waals surface area contributed by atoms with Crippen LogP contribution in [-0.2, 0) is 11.8 Å². The van der Waals surface area contributed by atoms with Gasteiger partial charge in [-0.2, -0.15) is 0 Å². The molecular formula is C20H26N2O2S. The third kappa shape index (κ3) is 3.92. The molecule has 1 fully saturated rings. The normalized spacial score (nSPS) is 23.6. The Balaban J connectivity index is 1.69. The maximum Gasteiger partial charge on any atom is 0.251 e. The molecule has 4 nitrogen and oxygen atoms in total. The third-order valence-corrected chi connectivity index (χ3v) is 6.58. The molecule has 1 heterocycles. The number of nitrogens with one attached hydrogen (secondary N) is 1. The summed E-state index contributed by atoms with van der Waals surface area (Å²) in [5.74, 6) is 1.58. The molecule has 134 valence electrons. The summed E-state index contributed by atoms with van der Waals surface area (Å²) in [5.41, 5.74) is 0.851. The molecule has 1 aromatic heterocycles. The van der Waals surface area contributed by atoms with Crippen LogP contribution in [0.25, 0.3) is 10.9 Å². The highest BCUT2D eigenvalue weighted by Gasteiger charge is 2.28. The molecule has 5 heteroatoms. The molecule has 1 aliphatic rings. The Morgan fingerprint density at radius 2 is 2.04 bits per heavy atom. The number of pyridine rings is 1. The van der Waals surface area contributed by atoms with Crippen molar-refractivity contribution in [1.82, 2.24) is 9.88 Å². The van der Waals surface area contributed by atoms with Crippen LogP contribution in [0.3, 0.4) is 0 Å². The first-order valence-corrected chi connectivity index (χ1v) is 9.97. The van der Waals surface area contributed by atoms with Gasteiger partial charge < -0.3 is 9.88 Å². The molecule has 3 rings (SSSR count). The fourth-order valence-corrected chi connectivity index (χ4v) is 4.56. The van der Waals surface area contributed by atoms with Crippen LogP contribution < -0.4 is 10.9 Å². The largest absolute Gasteiger partial charge is 0.352 e. The highest BCUT2D eigenvalue weighted by atomic mass is 32.2. The van der Waals surface area contributed by atoms with Crippen LogP contribution in [0.2, 0.25) is 0 Å². The lowest BCUT2D eigenvalue weighted by molar-refractivity contribution is -0.119. The van der Waals surface area contributed by atoms with Crippen molar-refractivity contribution in [2.45, 2.75) is 44.0 Å². The predicted molar refractivity (Wildman–Crippen MR) is 104 cm³/mol. The van der Waals surface area contributed by atoms with Gasteiger partial charge in [0.2, 0.25) is 5.91 Å². The number of para-hydroxylation sites is 1. The number of rotatable bonds is 4. The van der Waals surface area contributed by atoms with Gasteiger partial charge in [-0.25, -0.2) is 0 Å². The lowest BCUT2D eigenvalue weighted by Gasteiger charge is -2.34. The van der Waals surface area contributed by atoms with E-state index < -0.39 is 0 Å². The summed E-state index contributed by atoms with van der Waals surface area (Å²) in [6.45, 7) is 4.50. The molecule has 1 aromatic carbocycles. The van der Waals surface area contributed by atoms with Crippen LogP contribution in [0.5, 0.6) is 0 Å². The molecule has 3 unspecified atom stereocenters. The minimum absolute atomic E-state index is 0.0451. The first-order chi connectivity index (χ1) is 12.0. The van der Waals surface area contributed by atoms with Gasteiger partial charge in [0.15, 0.2) is 0 Å². The molecule has 0 aliphatic heterocycles. The van der Waals surface area contributed by atoms with E-state index in [0.29, 0.717) is 17.6 Å². The van der Waals surface area contributed by atoms with Crippen molar-refractivity contribution in [2.75, 3.05) is 5.75 Å². The molecule has 1 N–H and O–H groups in total. The van der Waals surface area contributed by atoms with Crippen molar-refractivity contribution < 1.29 is 4.79 Å². The maximum atomic E-state index is 12.4. The molecule has 1 aliphatic carbocycles. The van der Waals surface area contributed by atoms with E-state index in [4.69, 9.17) is 0 Å². The smallest absolute Gasteiger partial charge is 0.251 e. The fourth-order valence-electron chi connectivity index (χ4n) is 3.68. The van der Waals surface area contributed by atoms with Crippen LogP contribution in [-0.4, -0.2) is 22.3 Å². The average molecular weight is 359 g/mol. The topological polar surface area (TPSA) is 51.1 Å². The molecule has 1 amide bonds. The number of hydrogen-bond acceptors (Lipinski definition) is 3. The number of aromatic nitrogens is 1. The summed E-state index contributed by atoms with van der Waals surface area (Å²) < 4.78 is 1.64. The van der Waals surface area contributed by atoms with Gasteiger partial charge in [-0.05, 0) is 24.3 Å². The second-order valence-electron chi connectivity index (χ2n) is 7.15. The zero-order chi connectivity index (χ0) is 18.0. The van der Waals surface area contributed by atoms with Gasteiger partial charge in [0.05, 0.1) is 11.3 Å². The van der Waals surface area contributed by atoms with Crippen LogP contribution in [0.1, 0.15) is 33.1 Å². The van der Waals surface area contributed by atoms with Crippen molar-refractivity contribution in [2.24, 2.45) is 18.9 Å². The van der Waals surface area contributed by atoms with Crippen LogP contribution >= 0.6 is 11.8 Å². The Morgan fingerprint density at radius 3 is 2.84 bits per heavy atom. The van der Waals surface area contributed by atoms with E-state index in [1.807, 2.05) is 24.3 Å². The number of fused-ring (bicyclic) bond motifs is 1. The van der Waals surface area contributed by atoms with Gasteiger partial charge in [0, 0.05) is 29.4 Å². The number of nitrogens with zero attached hydrogens (tertiary/aromatic N) is 1. The van der Waals surface area contributed by atoms with Crippen LogP contribution in [0, 0.1) is 11.8 Å². The lowest BCUT2D eigenvalue weighted by Crippen LogP contribution is -2.44. The third-order valence-electron chi connectivity index (χ3n) is 5.53. The van der Waals surface area contributed by atoms with E-state index in [2.05, 4.69) is 19.2 Å². The fraction of sp³-hybridized carbons (Fsp3) is 0.500. The molecule has 2 aromatic rings. The minimum Gasteiger partial charge on any atom is -0.352 e. The van der Waals surface area contributed by atoms with Crippen LogP contribution in [0.15, 0.2) is 40.0 Å². The molecule has 0 radical (unpaired) electrons. The molecular weight excluding hydrogens is 332 g/mol. The summed E-state index contributed by atoms with van der Waals surface area (Å²) in [6.07, 6.45) is 3.50. The summed E-state index contributed by atoms with van der Waals surface area (Å²) >= 11 is 1.45. The van der Waals surface area contributed by atoms with Crippen molar-refractivity contribution in [3.8, 4) is 0 Å². The average Bonchev–Trinajstić information content (AvgIpc) is 2.61. The number of carbonyl (C=O) groups excluding carboxylic acids is 1. The molecule has 0 saturated heterocycles. The molecule has 0 bridgehead atoms. The van der Waals surface area contributed by atoms with E-state index in [9.17, 15) is 9.59 Å². The predicted octanol–water partition coefficient (Wildman–Crippen LogP) is 3.57. The molecule has 0 spiro atoms. The van der Waals surface area contributed by atoms with E-state index in [1.165, 1.54) is 24.6 Å². The number of benzene rings is 1. The van der Waals surface area contributed by atoms with Gasteiger partial charge in [0.25, 0.3) is 5.56 Å². The summed E-state index contributed by atoms with van der Waals surface area (Å²) in [6, 6.07) is 9.73. The Morgan fingerprint density at radius 1 is 1.28 bits per heavy atom. The van der Waals surface area contributed by atoms with Gasteiger partial charge in [-0.15, -0.1) is 11.8 Å². The van der Waals surface area contributed by atoms with E-state index in [1.54, 1.807) is 17.7 Å². The minimum atomic E-state index is -0.0451. The monoisotopic (exact) mass is 358 g/mol. The van der Waals surface area contributed by atoms with E-state index >= 15 is 0 Å². The van der Waals surface area contributed by atoms with Crippen LogP contribution in [0.4, 0.5) is 0 Å². The number of amides is 1. The number of thioether (sulfide) groups is 1. The second kappa shape index (κ2) is 7.65. The van der Waals surface area contributed by atoms with Crippen molar-refractivity contribution >= 4 is 28.6 Å². The first-order valence-electron chi connectivity index (χ1n) is 8.98. The standard InChI is InChI=1S/C20H26N2O2S/c1-13-7-6-9-16(14(13)2)21-19(23)12-25-18-11-20(24)22(3)17-10-5-4-8-15(17)18/h4-5,8,10-11,13-14,16H,6-7,9,12H2,1-3H3,(H,21,23). The van der Waals surface area contributed by atoms with Crippen molar-refractivity contribution in [1.29, 1.82) is 0 Å². The zero-order valence-electron chi connectivity index (χ0n) is 15.1. The Kier molecular flexibility index (Phi) is 5.52. The first kappa shape index (κ1) is 18.1.